The molecular formula is C15H13FN2O3. The topological polar surface area (TPSA) is 64.4 Å². The molecule has 5 nitrogen and oxygen atoms in total. The normalized spacial score (nSPS) is 16.2. The van der Waals surface area contributed by atoms with E-state index in [0.29, 0.717) is 17.9 Å². The van der Waals surface area contributed by atoms with E-state index in [1.54, 1.807) is 6.92 Å². The van der Waals surface area contributed by atoms with E-state index in [4.69, 9.17) is 4.74 Å². The molecule has 21 heavy (non-hydrogen) atoms. The van der Waals surface area contributed by atoms with Crippen molar-refractivity contribution >= 4 is 11.4 Å². The first kappa shape index (κ1) is 13.4. The highest BCUT2D eigenvalue weighted by atomic mass is 19.1. The second-order valence-corrected chi connectivity index (χ2v) is 4.92. The number of nitro benzene ring substituents is 1. The molecule has 1 N–H and O–H groups in total. The molecule has 0 bridgehead atoms. The van der Waals surface area contributed by atoms with Crippen LogP contribution in [0.5, 0.6) is 5.75 Å². The Kier molecular flexibility index (Phi) is 3.21. The number of nitrogens with zero attached hydrogens (tertiary/aromatic N) is 1. The number of nitrogens with one attached hydrogen (secondary N) is 1. The summed E-state index contributed by atoms with van der Waals surface area (Å²) in [5.74, 6) is 0.173. The smallest absolute Gasteiger partial charge is 0.295 e. The van der Waals surface area contributed by atoms with Crippen LogP contribution in [0.15, 0.2) is 36.4 Å². The number of hydrogen-bond acceptors (Lipinski definition) is 4. The number of para-hydroxylation sites is 1. The molecule has 0 radical (unpaired) electrons. The van der Waals surface area contributed by atoms with Crippen molar-refractivity contribution < 1.29 is 14.1 Å². The lowest BCUT2D eigenvalue weighted by Crippen LogP contribution is -2.13. The van der Waals surface area contributed by atoms with Crippen LogP contribution in [0.4, 0.5) is 15.8 Å². The zero-order valence-electron chi connectivity index (χ0n) is 11.3. The fourth-order valence-corrected chi connectivity index (χ4v) is 2.41. The van der Waals surface area contributed by atoms with Gasteiger partial charge in [0.25, 0.3) is 5.69 Å². The lowest BCUT2D eigenvalue weighted by molar-refractivity contribution is -0.384. The van der Waals surface area contributed by atoms with E-state index in [0.717, 1.165) is 17.4 Å². The standard InChI is InChI=1S/C15H13FN2O3/c1-9-6-12(14(18(19)20)7-11(9)16)17-13-8-21-15-5-3-2-4-10(13)15/h2-7,13,17H,8H2,1H3. The van der Waals surface area contributed by atoms with E-state index in [9.17, 15) is 14.5 Å². The molecule has 6 heteroatoms. The number of nitro groups is 1. The van der Waals surface area contributed by atoms with Crippen LogP contribution in [-0.2, 0) is 0 Å². The average Bonchev–Trinajstić information content (AvgIpc) is 2.86. The molecule has 0 fully saturated rings. The van der Waals surface area contributed by atoms with Gasteiger partial charge in [-0.2, -0.15) is 0 Å². The molecule has 0 aliphatic carbocycles. The Morgan fingerprint density at radius 3 is 2.90 bits per heavy atom. The summed E-state index contributed by atoms with van der Waals surface area (Å²) in [5, 5.41) is 14.2. The van der Waals surface area contributed by atoms with E-state index >= 15 is 0 Å². The van der Waals surface area contributed by atoms with Crippen molar-refractivity contribution in [3.63, 3.8) is 0 Å². The summed E-state index contributed by atoms with van der Waals surface area (Å²) in [6.45, 7) is 1.95. The van der Waals surface area contributed by atoms with Gasteiger partial charge >= 0.3 is 0 Å². The first-order valence-corrected chi connectivity index (χ1v) is 6.49. The van der Waals surface area contributed by atoms with Gasteiger partial charge < -0.3 is 10.1 Å². The lowest BCUT2D eigenvalue weighted by Gasteiger charge is -2.14. The second-order valence-electron chi connectivity index (χ2n) is 4.92. The Labute approximate surface area is 120 Å². The highest BCUT2D eigenvalue weighted by Gasteiger charge is 2.26. The van der Waals surface area contributed by atoms with Crippen LogP contribution in [0, 0.1) is 22.9 Å². The number of ether oxygens (including phenoxy) is 1. The van der Waals surface area contributed by atoms with Crippen molar-refractivity contribution in [3.8, 4) is 5.75 Å². The second kappa shape index (κ2) is 5.05. The van der Waals surface area contributed by atoms with Crippen LogP contribution < -0.4 is 10.1 Å². The molecule has 108 valence electrons. The highest BCUT2D eigenvalue weighted by Crippen LogP contribution is 2.37. The number of aryl methyl sites for hydroxylation is 1. The highest BCUT2D eigenvalue weighted by molar-refractivity contribution is 5.64. The van der Waals surface area contributed by atoms with Crippen molar-refractivity contribution in [2.24, 2.45) is 0 Å². The number of anilines is 1. The number of benzene rings is 2. The Balaban J connectivity index is 1.96. The molecule has 2 aromatic carbocycles. The first-order chi connectivity index (χ1) is 10.1. The molecular weight excluding hydrogens is 275 g/mol. The minimum Gasteiger partial charge on any atom is -0.491 e. The zero-order chi connectivity index (χ0) is 15.0. The maximum atomic E-state index is 13.5. The number of halogens is 1. The fourth-order valence-electron chi connectivity index (χ4n) is 2.41. The maximum absolute atomic E-state index is 13.5. The number of fused-ring (bicyclic) bond motifs is 1. The van der Waals surface area contributed by atoms with Gasteiger partial charge in [-0.1, -0.05) is 18.2 Å². The van der Waals surface area contributed by atoms with Gasteiger partial charge in [0.05, 0.1) is 17.0 Å². The van der Waals surface area contributed by atoms with E-state index in [1.165, 1.54) is 6.07 Å². The Hall–Kier alpha value is -2.63. The molecule has 1 aliphatic heterocycles. The van der Waals surface area contributed by atoms with Crippen molar-refractivity contribution in [1.82, 2.24) is 0 Å². The van der Waals surface area contributed by atoms with Gasteiger partial charge in [0.1, 0.15) is 23.9 Å². The summed E-state index contributed by atoms with van der Waals surface area (Å²) in [6.07, 6.45) is 0. The molecule has 2 aromatic rings. The summed E-state index contributed by atoms with van der Waals surface area (Å²) >= 11 is 0. The first-order valence-electron chi connectivity index (χ1n) is 6.49. The predicted molar refractivity (Wildman–Crippen MR) is 76.1 cm³/mol. The van der Waals surface area contributed by atoms with Crippen molar-refractivity contribution in [2.45, 2.75) is 13.0 Å². The van der Waals surface area contributed by atoms with Crippen molar-refractivity contribution in [2.75, 3.05) is 11.9 Å². The fraction of sp³-hybridized carbons (Fsp3) is 0.200. The molecule has 1 aliphatic rings. The molecule has 1 heterocycles. The molecule has 0 spiro atoms. The molecule has 1 atom stereocenters. The third-order valence-electron chi connectivity index (χ3n) is 3.50. The largest absolute Gasteiger partial charge is 0.491 e. The summed E-state index contributed by atoms with van der Waals surface area (Å²) < 4.78 is 19.0. The number of hydrogen-bond donors (Lipinski definition) is 1. The number of rotatable bonds is 3. The minimum atomic E-state index is -0.591. The summed E-state index contributed by atoms with van der Waals surface area (Å²) in [4.78, 5) is 10.5. The molecule has 3 rings (SSSR count). The van der Waals surface area contributed by atoms with Crippen LogP contribution in [0.3, 0.4) is 0 Å². The third-order valence-corrected chi connectivity index (χ3v) is 3.50. The Morgan fingerprint density at radius 1 is 1.38 bits per heavy atom. The van der Waals surface area contributed by atoms with Crippen LogP contribution in [-0.4, -0.2) is 11.5 Å². The third kappa shape index (κ3) is 2.40. The maximum Gasteiger partial charge on any atom is 0.295 e. The van der Waals surface area contributed by atoms with Crippen LogP contribution in [0.25, 0.3) is 0 Å². The SMILES string of the molecule is Cc1cc(NC2COc3ccccc32)c([N+](=O)[O-])cc1F. The monoisotopic (exact) mass is 288 g/mol. The van der Waals surface area contributed by atoms with Gasteiger partial charge in [0, 0.05) is 5.56 Å². The summed E-state index contributed by atoms with van der Waals surface area (Å²) in [6, 6.07) is 9.71. The molecule has 0 saturated carbocycles. The van der Waals surface area contributed by atoms with Gasteiger partial charge in [-0.3, -0.25) is 10.1 Å². The van der Waals surface area contributed by atoms with Gasteiger partial charge in [-0.05, 0) is 24.6 Å². The predicted octanol–water partition coefficient (Wildman–Crippen LogP) is 3.59. The van der Waals surface area contributed by atoms with Crippen molar-refractivity contribution in [3.05, 3.63) is 63.5 Å². The summed E-state index contributed by atoms with van der Waals surface area (Å²) in [7, 11) is 0. The average molecular weight is 288 g/mol. The van der Waals surface area contributed by atoms with E-state index in [-0.39, 0.29) is 11.7 Å². The van der Waals surface area contributed by atoms with E-state index in [1.807, 2.05) is 24.3 Å². The summed E-state index contributed by atoms with van der Waals surface area (Å²) in [5.41, 5.74) is 1.32. The zero-order valence-corrected chi connectivity index (χ0v) is 11.3. The van der Waals surface area contributed by atoms with Gasteiger partial charge in [-0.15, -0.1) is 0 Å². The Morgan fingerprint density at radius 2 is 2.14 bits per heavy atom. The molecule has 0 saturated heterocycles. The minimum absolute atomic E-state index is 0.190. The van der Waals surface area contributed by atoms with Crippen LogP contribution in [0.2, 0.25) is 0 Å². The Bertz CT molecular complexity index is 718. The lowest BCUT2D eigenvalue weighted by atomic mass is 10.1. The van der Waals surface area contributed by atoms with Crippen LogP contribution >= 0.6 is 0 Å². The molecule has 0 aromatic heterocycles. The van der Waals surface area contributed by atoms with E-state index in [2.05, 4.69) is 5.32 Å². The quantitative estimate of drug-likeness (QED) is 0.692. The van der Waals surface area contributed by atoms with Gasteiger partial charge in [0.15, 0.2) is 0 Å². The molecule has 1 unspecified atom stereocenters. The van der Waals surface area contributed by atoms with E-state index < -0.39 is 10.7 Å². The van der Waals surface area contributed by atoms with Crippen molar-refractivity contribution in [1.29, 1.82) is 0 Å². The molecule has 0 amide bonds. The van der Waals surface area contributed by atoms with Gasteiger partial charge in [0.2, 0.25) is 0 Å². The van der Waals surface area contributed by atoms with Gasteiger partial charge in [-0.25, -0.2) is 4.39 Å². The van der Waals surface area contributed by atoms with Crippen LogP contribution in [0.1, 0.15) is 17.2 Å².